The summed E-state index contributed by atoms with van der Waals surface area (Å²) in [4.78, 5) is 33.8. The van der Waals surface area contributed by atoms with E-state index in [9.17, 15) is 32.9 Å². The van der Waals surface area contributed by atoms with Crippen LogP contribution >= 0.6 is 11.6 Å². The molecule has 0 amide bonds. The van der Waals surface area contributed by atoms with Crippen molar-refractivity contribution in [1.29, 1.82) is 0 Å². The van der Waals surface area contributed by atoms with Crippen molar-refractivity contribution in [3.05, 3.63) is 73.1 Å². The first-order valence-electron chi connectivity index (χ1n) is 5.90. The predicted molar refractivity (Wildman–Crippen MR) is 73.5 cm³/mol. The van der Waals surface area contributed by atoms with Gasteiger partial charge in [-0.2, -0.15) is 13.2 Å². The van der Waals surface area contributed by atoms with E-state index in [4.69, 9.17) is 11.6 Å². The van der Waals surface area contributed by atoms with Crippen molar-refractivity contribution in [2.45, 2.75) is 6.18 Å². The third kappa shape index (κ3) is 3.39. The molecule has 0 aliphatic carbocycles. The lowest BCUT2D eigenvalue weighted by Crippen LogP contribution is -2.28. The maximum atomic E-state index is 12.7. The third-order valence-corrected chi connectivity index (χ3v) is 3.18. The van der Waals surface area contributed by atoms with Gasteiger partial charge in [0.2, 0.25) is 0 Å². The second-order valence-corrected chi connectivity index (χ2v) is 4.76. The van der Waals surface area contributed by atoms with Crippen LogP contribution in [0.2, 0.25) is 5.02 Å². The Hall–Kier alpha value is -2.68. The summed E-state index contributed by atoms with van der Waals surface area (Å²) in [5, 5.41) is 10.5. The van der Waals surface area contributed by atoms with Gasteiger partial charge in [0.25, 0.3) is 17.2 Å². The lowest BCUT2D eigenvalue weighted by molar-refractivity contribution is -0.384. The van der Waals surface area contributed by atoms with Gasteiger partial charge >= 0.3 is 6.18 Å². The van der Waals surface area contributed by atoms with Crippen LogP contribution in [-0.2, 0) is 6.18 Å². The summed E-state index contributed by atoms with van der Waals surface area (Å²) in [5.74, 6) is -1.20. The summed E-state index contributed by atoms with van der Waals surface area (Å²) in [6.07, 6.45) is -4.44. The molecule has 0 saturated carbocycles. The monoisotopic (exact) mass is 346 g/mol. The zero-order valence-electron chi connectivity index (χ0n) is 11.0. The molecular weight excluding hydrogens is 341 g/mol. The average molecular weight is 347 g/mol. The number of carbonyl (C=O) groups is 1. The largest absolute Gasteiger partial charge is 0.417 e. The smallest absolute Gasteiger partial charge is 0.269 e. The van der Waals surface area contributed by atoms with E-state index in [2.05, 4.69) is 0 Å². The van der Waals surface area contributed by atoms with Crippen molar-refractivity contribution < 1.29 is 22.9 Å². The summed E-state index contributed by atoms with van der Waals surface area (Å²) in [5.41, 5.74) is -3.18. The molecule has 6 nitrogen and oxygen atoms in total. The van der Waals surface area contributed by atoms with Crippen LogP contribution in [0.5, 0.6) is 0 Å². The molecule has 0 N–H and O–H groups in total. The number of nitro groups is 1. The highest BCUT2D eigenvalue weighted by Crippen LogP contribution is 2.28. The molecule has 0 spiro atoms. The Kier molecular flexibility index (Phi) is 4.24. The number of nitrogens with zero attached hydrogens (tertiary/aromatic N) is 2. The maximum absolute atomic E-state index is 12.7. The van der Waals surface area contributed by atoms with Gasteiger partial charge in [0.05, 0.1) is 21.1 Å². The Labute approximate surface area is 130 Å². The van der Waals surface area contributed by atoms with Gasteiger partial charge in [0.15, 0.2) is 0 Å². The lowest BCUT2D eigenvalue weighted by Gasteiger charge is -2.10. The summed E-state index contributed by atoms with van der Waals surface area (Å²) in [6.45, 7) is 0. The summed E-state index contributed by atoms with van der Waals surface area (Å²) >= 11 is 5.75. The molecule has 0 bridgehead atoms. The molecule has 2 rings (SSSR count). The lowest BCUT2D eigenvalue weighted by atomic mass is 10.1. The zero-order valence-corrected chi connectivity index (χ0v) is 11.8. The Morgan fingerprint density at radius 1 is 1.22 bits per heavy atom. The fraction of sp³-hybridized carbons (Fsp3) is 0.0769. The Morgan fingerprint density at radius 3 is 2.43 bits per heavy atom. The van der Waals surface area contributed by atoms with Gasteiger partial charge in [0.1, 0.15) is 0 Å². The van der Waals surface area contributed by atoms with Crippen molar-refractivity contribution in [2.75, 3.05) is 0 Å². The Bertz CT molecular complexity index is 861. The van der Waals surface area contributed by atoms with E-state index in [-0.39, 0.29) is 9.59 Å². The molecule has 0 unspecified atom stereocenters. The van der Waals surface area contributed by atoms with Gasteiger partial charge in [-0.05, 0) is 12.1 Å². The van der Waals surface area contributed by atoms with Crippen LogP contribution in [0.3, 0.4) is 0 Å². The molecule has 2 aromatic rings. The molecular formula is C13H6ClF3N2O4. The van der Waals surface area contributed by atoms with Crippen molar-refractivity contribution >= 4 is 23.2 Å². The molecule has 1 aromatic heterocycles. The minimum atomic E-state index is -4.76. The highest BCUT2D eigenvalue weighted by Gasteiger charge is 2.32. The Morgan fingerprint density at radius 2 is 1.87 bits per heavy atom. The normalized spacial score (nSPS) is 11.3. The van der Waals surface area contributed by atoms with E-state index >= 15 is 0 Å². The number of aromatic nitrogens is 1. The van der Waals surface area contributed by atoms with Crippen molar-refractivity contribution in [3.8, 4) is 0 Å². The number of non-ortho nitro benzene ring substituents is 1. The number of nitro benzene ring substituents is 1. The van der Waals surface area contributed by atoms with E-state index in [0.717, 1.165) is 18.2 Å². The van der Waals surface area contributed by atoms with Gasteiger partial charge in [-0.15, -0.1) is 0 Å². The van der Waals surface area contributed by atoms with Crippen molar-refractivity contribution in [1.82, 2.24) is 4.57 Å². The van der Waals surface area contributed by atoms with E-state index < -0.39 is 39.4 Å². The number of rotatable bonds is 2. The SMILES string of the molecule is O=C(c1cc([N+](=O)[O-])ccc1Cl)n1cc(C(F)(F)F)ccc1=O. The van der Waals surface area contributed by atoms with Crippen LogP contribution in [0.25, 0.3) is 0 Å². The predicted octanol–water partition coefficient (Wildman–Crippen LogP) is 3.12. The maximum Gasteiger partial charge on any atom is 0.417 e. The molecule has 0 aliphatic rings. The molecule has 23 heavy (non-hydrogen) atoms. The third-order valence-electron chi connectivity index (χ3n) is 2.85. The summed E-state index contributed by atoms with van der Waals surface area (Å²) < 4.78 is 38.2. The van der Waals surface area contributed by atoms with E-state index in [1.807, 2.05) is 0 Å². The fourth-order valence-electron chi connectivity index (χ4n) is 1.73. The first-order valence-corrected chi connectivity index (χ1v) is 6.27. The van der Waals surface area contributed by atoms with Gasteiger partial charge in [0, 0.05) is 24.4 Å². The second kappa shape index (κ2) is 5.84. The fourth-order valence-corrected chi connectivity index (χ4v) is 1.93. The summed E-state index contributed by atoms with van der Waals surface area (Å²) in [6, 6.07) is 3.96. The standard InChI is InChI=1S/C13H6ClF3N2O4/c14-10-3-2-8(19(22)23)5-9(10)12(21)18-6-7(13(15,16)17)1-4-11(18)20/h1-6H. The minimum Gasteiger partial charge on any atom is -0.269 e. The van der Waals surface area contributed by atoms with Crippen LogP contribution in [0.4, 0.5) is 18.9 Å². The van der Waals surface area contributed by atoms with Gasteiger partial charge in [-0.25, -0.2) is 4.57 Å². The minimum absolute atomic E-state index is 0.202. The van der Waals surface area contributed by atoms with Crippen LogP contribution in [0.15, 0.2) is 41.3 Å². The van der Waals surface area contributed by atoms with Crippen molar-refractivity contribution in [2.24, 2.45) is 0 Å². The molecule has 10 heteroatoms. The molecule has 0 radical (unpaired) electrons. The van der Waals surface area contributed by atoms with E-state index in [1.54, 1.807) is 0 Å². The topological polar surface area (TPSA) is 82.2 Å². The molecule has 0 atom stereocenters. The summed E-state index contributed by atoms with van der Waals surface area (Å²) in [7, 11) is 0. The first kappa shape index (κ1) is 16.7. The van der Waals surface area contributed by atoms with E-state index in [0.29, 0.717) is 18.3 Å². The highest BCUT2D eigenvalue weighted by molar-refractivity contribution is 6.34. The number of hydrogen-bond donors (Lipinski definition) is 0. The molecule has 1 aromatic carbocycles. The number of benzene rings is 1. The molecule has 0 aliphatic heterocycles. The number of carbonyl (C=O) groups excluding carboxylic acids is 1. The number of hydrogen-bond acceptors (Lipinski definition) is 4. The van der Waals surface area contributed by atoms with Crippen LogP contribution < -0.4 is 5.56 Å². The van der Waals surface area contributed by atoms with Crippen LogP contribution in [-0.4, -0.2) is 15.4 Å². The van der Waals surface area contributed by atoms with E-state index in [1.165, 1.54) is 0 Å². The Balaban J connectivity index is 2.60. The van der Waals surface area contributed by atoms with Gasteiger partial charge in [-0.3, -0.25) is 19.7 Å². The zero-order chi connectivity index (χ0) is 17.4. The average Bonchev–Trinajstić information content (AvgIpc) is 2.46. The van der Waals surface area contributed by atoms with Crippen molar-refractivity contribution in [3.63, 3.8) is 0 Å². The first-order chi connectivity index (χ1) is 10.6. The van der Waals surface area contributed by atoms with Gasteiger partial charge in [-0.1, -0.05) is 11.6 Å². The van der Waals surface area contributed by atoms with Crippen LogP contribution in [0.1, 0.15) is 15.9 Å². The molecule has 120 valence electrons. The highest BCUT2D eigenvalue weighted by atomic mass is 35.5. The van der Waals surface area contributed by atoms with Crippen LogP contribution in [0, 0.1) is 10.1 Å². The molecule has 0 saturated heterocycles. The number of pyridine rings is 1. The number of halogens is 4. The second-order valence-electron chi connectivity index (χ2n) is 4.35. The van der Waals surface area contributed by atoms with Gasteiger partial charge < -0.3 is 0 Å². The quantitative estimate of drug-likeness (QED) is 0.618. The molecule has 1 heterocycles. The molecule has 0 fully saturated rings. The number of alkyl halides is 3.